The number of hydrogen-bond donors (Lipinski definition) is 0. The molecule has 1 aliphatic rings. The van der Waals surface area contributed by atoms with Crippen LogP contribution < -0.4 is 0 Å². The Morgan fingerprint density at radius 3 is 3.06 bits per heavy atom. The zero-order valence-electron chi connectivity index (χ0n) is 11.7. The van der Waals surface area contributed by atoms with E-state index in [1.165, 1.54) is 12.8 Å². The van der Waals surface area contributed by atoms with Crippen LogP contribution in [-0.4, -0.2) is 46.5 Å². The Morgan fingerprint density at radius 1 is 1.56 bits per heavy atom. The lowest BCUT2D eigenvalue weighted by molar-refractivity contribution is 0.0407. The Morgan fingerprint density at radius 2 is 2.39 bits per heavy atom. The van der Waals surface area contributed by atoms with Crippen molar-refractivity contribution in [3.63, 3.8) is 0 Å². The second kappa shape index (κ2) is 6.29. The maximum Gasteiger partial charge on any atom is 0.147 e. The van der Waals surface area contributed by atoms with Crippen molar-refractivity contribution in [3.8, 4) is 0 Å². The first-order valence-electron chi connectivity index (χ1n) is 6.81. The SMILES string of the molecule is CC(C)n1cnnc1CN(C)C[C@H]1CCCOC1. The van der Waals surface area contributed by atoms with Crippen molar-refractivity contribution in [2.24, 2.45) is 5.92 Å². The van der Waals surface area contributed by atoms with Gasteiger partial charge in [0.2, 0.25) is 0 Å². The number of hydrogen-bond acceptors (Lipinski definition) is 4. The molecule has 2 rings (SSSR count). The second-order valence-corrected chi connectivity index (χ2v) is 5.53. The molecule has 1 fully saturated rings. The molecule has 1 aromatic rings. The molecule has 0 aromatic carbocycles. The molecular weight excluding hydrogens is 228 g/mol. The Kier molecular flexibility index (Phi) is 4.72. The molecule has 1 aromatic heterocycles. The predicted octanol–water partition coefficient (Wildman–Crippen LogP) is 1.72. The van der Waals surface area contributed by atoms with Crippen LogP contribution in [0.1, 0.15) is 38.6 Å². The van der Waals surface area contributed by atoms with E-state index in [1.807, 2.05) is 6.33 Å². The van der Waals surface area contributed by atoms with Crippen molar-refractivity contribution in [2.45, 2.75) is 39.3 Å². The smallest absolute Gasteiger partial charge is 0.147 e. The van der Waals surface area contributed by atoms with Gasteiger partial charge < -0.3 is 9.30 Å². The zero-order valence-corrected chi connectivity index (χ0v) is 11.7. The summed E-state index contributed by atoms with van der Waals surface area (Å²) in [5, 5.41) is 8.22. The number of rotatable bonds is 5. The fourth-order valence-electron chi connectivity index (χ4n) is 2.51. The normalized spacial score (nSPS) is 20.8. The third kappa shape index (κ3) is 3.53. The fraction of sp³-hybridized carbons (Fsp3) is 0.846. The van der Waals surface area contributed by atoms with E-state index >= 15 is 0 Å². The van der Waals surface area contributed by atoms with Crippen LogP contribution in [0.5, 0.6) is 0 Å². The van der Waals surface area contributed by atoms with Gasteiger partial charge in [-0.15, -0.1) is 10.2 Å². The molecule has 1 saturated heterocycles. The minimum atomic E-state index is 0.418. The van der Waals surface area contributed by atoms with Gasteiger partial charge in [-0.2, -0.15) is 0 Å². The van der Waals surface area contributed by atoms with Gasteiger partial charge in [0, 0.05) is 19.2 Å². The van der Waals surface area contributed by atoms with Crippen molar-refractivity contribution in [3.05, 3.63) is 12.2 Å². The van der Waals surface area contributed by atoms with E-state index in [-0.39, 0.29) is 0 Å². The number of ether oxygens (including phenoxy) is 1. The standard InChI is InChI=1S/C13H24N4O/c1-11(2)17-10-14-15-13(17)8-16(3)7-12-5-4-6-18-9-12/h10-12H,4-9H2,1-3H3/t12-/m1/s1. The van der Waals surface area contributed by atoms with E-state index < -0.39 is 0 Å². The Hall–Kier alpha value is -0.940. The minimum Gasteiger partial charge on any atom is -0.381 e. The molecule has 0 spiro atoms. The highest BCUT2D eigenvalue weighted by Crippen LogP contribution is 2.15. The van der Waals surface area contributed by atoms with Crippen LogP contribution in [0.4, 0.5) is 0 Å². The summed E-state index contributed by atoms with van der Waals surface area (Å²) >= 11 is 0. The van der Waals surface area contributed by atoms with E-state index in [1.54, 1.807) is 0 Å². The summed E-state index contributed by atoms with van der Waals surface area (Å²) in [5.41, 5.74) is 0. The molecule has 0 saturated carbocycles. The van der Waals surface area contributed by atoms with Gasteiger partial charge in [0.15, 0.2) is 0 Å². The molecule has 5 nitrogen and oxygen atoms in total. The Bertz CT molecular complexity index is 358. The van der Waals surface area contributed by atoms with Crippen molar-refractivity contribution < 1.29 is 4.74 Å². The largest absolute Gasteiger partial charge is 0.381 e. The fourth-order valence-corrected chi connectivity index (χ4v) is 2.51. The predicted molar refractivity (Wildman–Crippen MR) is 70.3 cm³/mol. The average Bonchev–Trinajstić information content (AvgIpc) is 2.78. The zero-order chi connectivity index (χ0) is 13.0. The quantitative estimate of drug-likeness (QED) is 0.800. The van der Waals surface area contributed by atoms with Gasteiger partial charge in [-0.25, -0.2) is 0 Å². The van der Waals surface area contributed by atoms with Gasteiger partial charge in [-0.3, -0.25) is 4.90 Å². The molecule has 0 unspecified atom stereocenters. The topological polar surface area (TPSA) is 43.2 Å². The van der Waals surface area contributed by atoms with Gasteiger partial charge in [0.1, 0.15) is 12.2 Å². The van der Waals surface area contributed by atoms with Crippen molar-refractivity contribution in [1.82, 2.24) is 19.7 Å². The van der Waals surface area contributed by atoms with Crippen molar-refractivity contribution in [1.29, 1.82) is 0 Å². The van der Waals surface area contributed by atoms with Crippen LogP contribution in [0.15, 0.2) is 6.33 Å². The van der Waals surface area contributed by atoms with E-state index in [4.69, 9.17) is 4.74 Å². The lowest BCUT2D eigenvalue weighted by atomic mass is 10.0. The molecule has 0 radical (unpaired) electrons. The van der Waals surface area contributed by atoms with Gasteiger partial charge in [0.05, 0.1) is 13.2 Å². The van der Waals surface area contributed by atoms with Crippen molar-refractivity contribution >= 4 is 0 Å². The van der Waals surface area contributed by atoms with Gasteiger partial charge in [-0.1, -0.05) is 0 Å². The van der Waals surface area contributed by atoms with E-state index in [2.05, 4.69) is 40.6 Å². The maximum atomic E-state index is 5.52. The highest BCUT2D eigenvalue weighted by atomic mass is 16.5. The third-order valence-corrected chi connectivity index (χ3v) is 3.44. The summed E-state index contributed by atoms with van der Waals surface area (Å²) < 4.78 is 7.65. The minimum absolute atomic E-state index is 0.418. The molecular formula is C13H24N4O. The van der Waals surface area contributed by atoms with Crippen LogP contribution in [0.25, 0.3) is 0 Å². The van der Waals surface area contributed by atoms with E-state index in [9.17, 15) is 0 Å². The highest BCUT2D eigenvalue weighted by molar-refractivity contribution is 4.88. The maximum absolute atomic E-state index is 5.52. The van der Waals surface area contributed by atoms with Crippen LogP contribution >= 0.6 is 0 Å². The lowest BCUT2D eigenvalue weighted by Gasteiger charge is -2.27. The summed E-state index contributed by atoms with van der Waals surface area (Å²) in [7, 11) is 2.15. The number of aromatic nitrogens is 3. The summed E-state index contributed by atoms with van der Waals surface area (Å²) in [5.74, 6) is 1.71. The van der Waals surface area contributed by atoms with Crippen LogP contribution in [0, 0.1) is 5.92 Å². The summed E-state index contributed by atoms with van der Waals surface area (Å²) in [4.78, 5) is 2.32. The van der Waals surface area contributed by atoms with E-state index in [0.29, 0.717) is 12.0 Å². The first kappa shape index (κ1) is 13.5. The first-order valence-corrected chi connectivity index (χ1v) is 6.81. The summed E-state index contributed by atoms with van der Waals surface area (Å²) in [6, 6.07) is 0.418. The highest BCUT2D eigenvalue weighted by Gasteiger charge is 2.17. The summed E-state index contributed by atoms with van der Waals surface area (Å²) in [6.45, 7) is 8.08. The molecule has 18 heavy (non-hydrogen) atoms. The molecule has 1 aliphatic heterocycles. The Labute approximate surface area is 109 Å². The third-order valence-electron chi connectivity index (χ3n) is 3.44. The molecule has 1 atom stereocenters. The second-order valence-electron chi connectivity index (χ2n) is 5.53. The first-order chi connectivity index (χ1) is 8.66. The molecule has 5 heteroatoms. The molecule has 0 aliphatic carbocycles. The van der Waals surface area contributed by atoms with Crippen LogP contribution in [0.2, 0.25) is 0 Å². The number of nitrogens with zero attached hydrogens (tertiary/aromatic N) is 4. The molecule has 0 amide bonds. The monoisotopic (exact) mass is 252 g/mol. The van der Waals surface area contributed by atoms with Gasteiger partial charge in [-0.05, 0) is 39.7 Å². The lowest BCUT2D eigenvalue weighted by Crippen LogP contribution is -2.31. The summed E-state index contributed by atoms with van der Waals surface area (Å²) in [6.07, 6.45) is 4.29. The van der Waals surface area contributed by atoms with E-state index in [0.717, 1.165) is 32.1 Å². The van der Waals surface area contributed by atoms with Crippen molar-refractivity contribution in [2.75, 3.05) is 26.8 Å². The molecule has 2 heterocycles. The molecule has 0 bridgehead atoms. The molecule has 0 N–H and O–H groups in total. The van der Waals surface area contributed by atoms with Gasteiger partial charge in [0.25, 0.3) is 0 Å². The van der Waals surface area contributed by atoms with Crippen LogP contribution in [-0.2, 0) is 11.3 Å². The Balaban J connectivity index is 1.86. The molecule has 102 valence electrons. The van der Waals surface area contributed by atoms with Crippen LogP contribution in [0.3, 0.4) is 0 Å². The van der Waals surface area contributed by atoms with Gasteiger partial charge >= 0.3 is 0 Å². The average molecular weight is 252 g/mol.